The number of hydrogen-bond acceptors (Lipinski definition) is 7. The van der Waals surface area contributed by atoms with Crippen LogP contribution in [0.4, 0.5) is 0 Å². The summed E-state index contributed by atoms with van der Waals surface area (Å²) in [6, 6.07) is 16.3. The van der Waals surface area contributed by atoms with Crippen LogP contribution < -0.4 is 14.2 Å². The highest BCUT2D eigenvalue weighted by atomic mass is 32.1. The zero-order valence-electron chi connectivity index (χ0n) is 22.1. The second kappa shape index (κ2) is 13.3. The molecular weight excluding hydrogens is 504 g/mol. The molecule has 4 rings (SSSR count). The molecule has 0 aliphatic carbocycles. The van der Waals surface area contributed by atoms with Crippen LogP contribution >= 0.6 is 11.3 Å². The smallest absolute Gasteiger partial charge is 0.258 e. The lowest BCUT2D eigenvalue weighted by molar-refractivity contribution is -0.135. The average Bonchev–Trinajstić information content (AvgIpc) is 3.44. The van der Waals surface area contributed by atoms with Gasteiger partial charge in [-0.2, -0.15) is 0 Å². The second-order valence-corrected chi connectivity index (χ2v) is 9.92. The topological polar surface area (TPSA) is 77.5 Å². The molecule has 0 unspecified atom stereocenters. The molecule has 202 valence electrons. The highest BCUT2D eigenvalue weighted by Crippen LogP contribution is 2.34. The van der Waals surface area contributed by atoms with E-state index in [1.54, 1.807) is 48.7 Å². The first kappa shape index (κ1) is 27.5. The minimum absolute atomic E-state index is 0.0459. The lowest BCUT2D eigenvalue weighted by Gasteiger charge is -2.37. The predicted octanol–water partition coefficient (Wildman–Crippen LogP) is 4.45. The van der Waals surface area contributed by atoms with Gasteiger partial charge in [0.25, 0.3) is 5.91 Å². The number of fused-ring (bicyclic) bond motifs is 1. The summed E-state index contributed by atoms with van der Waals surface area (Å²) >= 11 is 1.70. The lowest BCUT2D eigenvalue weighted by atomic mass is 10.00. The first-order valence-corrected chi connectivity index (χ1v) is 13.5. The first-order valence-electron chi connectivity index (χ1n) is 12.6. The van der Waals surface area contributed by atoms with Gasteiger partial charge in [-0.3, -0.25) is 9.59 Å². The number of thiophene rings is 1. The van der Waals surface area contributed by atoms with Crippen molar-refractivity contribution < 1.29 is 28.5 Å². The molecule has 9 heteroatoms. The highest BCUT2D eigenvalue weighted by Gasteiger charge is 2.34. The fourth-order valence-electron chi connectivity index (χ4n) is 4.64. The summed E-state index contributed by atoms with van der Waals surface area (Å²) in [5.41, 5.74) is 1.52. The van der Waals surface area contributed by atoms with Crippen molar-refractivity contribution in [1.29, 1.82) is 0 Å². The quantitative estimate of drug-likeness (QED) is 0.317. The average molecular weight is 539 g/mol. The maximum absolute atomic E-state index is 13.8. The lowest BCUT2D eigenvalue weighted by Crippen LogP contribution is -2.48. The zero-order chi connectivity index (χ0) is 26.9. The van der Waals surface area contributed by atoms with Crippen LogP contribution in [0.5, 0.6) is 17.2 Å². The van der Waals surface area contributed by atoms with Crippen LogP contribution in [-0.4, -0.2) is 75.8 Å². The summed E-state index contributed by atoms with van der Waals surface area (Å²) in [6.07, 6.45) is 1.39. The Morgan fingerprint density at radius 2 is 1.84 bits per heavy atom. The Kier molecular flexibility index (Phi) is 9.62. The van der Waals surface area contributed by atoms with Crippen molar-refractivity contribution in [2.24, 2.45) is 0 Å². The molecule has 1 aromatic heterocycles. The van der Waals surface area contributed by atoms with Crippen LogP contribution in [0.25, 0.3) is 0 Å². The first-order chi connectivity index (χ1) is 18.5. The van der Waals surface area contributed by atoms with E-state index >= 15 is 0 Å². The van der Waals surface area contributed by atoms with Crippen LogP contribution in [0.1, 0.15) is 33.3 Å². The summed E-state index contributed by atoms with van der Waals surface area (Å²) in [5.74, 6) is 1.49. The van der Waals surface area contributed by atoms with Gasteiger partial charge in [0.05, 0.1) is 25.8 Å². The predicted molar refractivity (Wildman–Crippen MR) is 146 cm³/mol. The van der Waals surface area contributed by atoms with Gasteiger partial charge in [0, 0.05) is 37.7 Å². The van der Waals surface area contributed by atoms with Crippen molar-refractivity contribution >= 4 is 23.2 Å². The number of carbonyl (C=O) groups excluding carboxylic acids is 2. The van der Waals surface area contributed by atoms with E-state index in [2.05, 4.69) is 11.4 Å². The Morgan fingerprint density at radius 3 is 2.63 bits per heavy atom. The third-order valence-electron chi connectivity index (χ3n) is 6.59. The molecule has 38 heavy (non-hydrogen) atoms. The summed E-state index contributed by atoms with van der Waals surface area (Å²) in [5, 5.41) is 2.06. The zero-order valence-corrected chi connectivity index (χ0v) is 22.9. The Morgan fingerprint density at radius 1 is 1.03 bits per heavy atom. The molecule has 0 radical (unpaired) electrons. The molecule has 1 aliphatic heterocycles. The van der Waals surface area contributed by atoms with Gasteiger partial charge < -0.3 is 28.7 Å². The van der Waals surface area contributed by atoms with Crippen LogP contribution in [0.2, 0.25) is 0 Å². The Balaban J connectivity index is 1.54. The fourth-order valence-corrected chi connectivity index (χ4v) is 5.57. The third kappa shape index (κ3) is 6.46. The largest absolute Gasteiger partial charge is 0.497 e. The van der Waals surface area contributed by atoms with E-state index in [9.17, 15) is 9.59 Å². The summed E-state index contributed by atoms with van der Waals surface area (Å²) < 4.78 is 22.1. The van der Waals surface area contributed by atoms with Gasteiger partial charge in [0.15, 0.2) is 0 Å². The molecule has 8 nitrogen and oxygen atoms in total. The second-order valence-electron chi connectivity index (χ2n) is 8.92. The van der Waals surface area contributed by atoms with Crippen LogP contribution in [0.15, 0.2) is 60.0 Å². The third-order valence-corrected chi connectivity index (χ3v) is 7.59. The van der Waals surface area contributed by atoms with Crippen molar-refractivity contribution in [3.05, 3.63) is 76.0 Å². The van der Waals surface area contributed by atoms with Crippen LogP contribution in [0.3, 0.4) is 0 Å². The Hall–Kier alpha value is -3.56. The summed E-state index contributed by atoms with van der Waals surface area (Å²) in [7, 11) is 4.77. The van der Waals surface area contributed by atoms with Crippen molar-refractivity contribution in [2.75, 3.05) is 54.2 Å². The van der Waals surface area contributed by atoms with E-state index in [4.69, 9.17) is 18.9 Å². The van der Waals surface area contributed by atoms with Gasteiger partial charge in [-0.1, -0.05) is 18.2 Å². The van der Waals surface area contributed by atoms with Crippen molar-refractivity contribution in [3.63, 3.8) is 0 Å². The standard InChI is InChI=1S/C29H34N2O6S/c1-34-16-7-14-30(29(33)24-10-4-5-11-26(24)36-3)19-28(32)31-15-12-27-23(13-17-38-27)25(31)20-37-22-9-6-8-21(18-22)35-2/h4-6,8-11,13,17-18,25H,7,12,14-16,19-20H2,1-3H3/t25-/m1/s1. The van der Waals surface area contributed by atoms with Gasteiger partial charge in [-0.05, 0) is 54.1 Å². The molecule has 1 aliphatic rings. The summed E-state index contributed by atoms with van der Waals surface area (Å²) in [6.45, 7) is 1.69. The molecule has 2 amide bonds. The maximum atomic E-state index is 13.8. The number of para-hydroxylation sites is 1. The van der Waals surface area contributed by atoms with Crippen LogP contribution in [-0.2, 0) is 16.0 Å². The van der Waals surface area contributed by atoms with Gasteiger partial charge in [0.2, 0.25) is 5.91 Å². The molecule has 0 saturated carbocycles. The number of ether oxygens (including phenoxy) is 4. The van der Waals surface area contributed by atoms with E-state index in [1.807, 2.05) is 35.2 Å². The van der Waals surface area contributed by atoms with Gasteiger partial charge in [-0.15, -0.1) is 11.3 Å². The number of nitrogens with zero attached hydrogens (tertiary/aromatic N) is 2. The summed E-state index contributed by atoms with van der Waals surface area (Å²) in [4.78, 5) is 32.0. The molecule has 1 atom stereocenters. The van der Waals surface area contributed by atoms with E-state index in [-0.39, 0.29) is 24.4 Å². The SMILES string of the molecule is COCCCN(CC(=O)N1CCc2sccc2[C@H]1COc1cccc(OC)c1)C(=O)c1ccccc1OC. The minimum Gasteiger partial charge on any atom is -0.497 e. The number of benzene rings is 2. The number of amides is 2. The highest BCUT2D eigenvalue weighted by molar-refractivity contribution is 7.10. The molecule has 0 fully saturated rings. The molecule has 3 aromatic rings. The maximum Gasteiger partial charge on any atom is 0.258 e. The Bertz CT molecular complexity index is 1230. The molecule has 2 heterocycles. The van der Waals surface area contributed by atoms with Crippen molar-refractivity contribution in [2.45, 2.75) is 18.9 Å². The number of rotatable bonds is 12. The molecular formula is C29H34N2O6S. The number of carbonyl (C=O) groups is 2. The Labute approximate surface area is 227 Å². The number of hydrogen-bond donors (Lipinski definition) is 0. The van der Waals surface area contributed by atoms with E-state index in [1.165, 1.54) is 12.0 Å². The van der Waals surface area contributed by atoms with E-state index in [0.717, 1.165) is 12.0 Å². The molecule has 0 spiro atoms. The van der Waals surface area contributed by atoms with Crippen LogP contribution in [0, 0.1) is 0 Å². The van der Waals surface area contributed by atoms with E-state index in [0.29, 0.717) is 55.5 Å². The monoisotopic (exact) mass is 538 g/mol. The molecule has 0 N–H and O–H groups in total. The van der Waals surface area contributed by atoms with Gasteiger partial charge >= 0.3 is 0 Å². The normalized spacial score (nSPS) is 14.5. The molecule has 0 saturated heterocycles. The minimum atomic E-state index is -0.258. The van der Waals surface area contributed by atoms with Crippen molar-refractivity contribution in [3.8, 4) is 17.2 Å². The van der Waals surface area contributed by atoms with Gasteiger partial charge in [-0.25, -0.2) is 0 Å². The molecule has 2 aromatic carbocycles. The van der Waals surface area contributed by atoms with E-state index < -0.39 is 0 Å². The fraction of sp³-hybridized carbons (Fsp3) is 0.379. The van der Waals surface area contributed by atoms with Crippen molar-refractivity contribution in [1.82, 2.24) is 9.80 Å². The molecule has 0 bridgehead atoms. The van der Waals surface area contributed by atoms with Gasteiger partial charge in [0.1, 0.15) is 30.4 Å². The number of methoxy groups -OCH3 is 3.